The largest absolute Gasteiger partial charge is 0.345 e. The highest BCUT2D eigenvalue weighted by molar-refractivity contribution is 5.92. The maximum Gasteiger partial charge on any atom is 0.207 e. The molecule has 82 valence electrons. The minimum absolute atomic E-state index is 0.213. The third-order valence-corrected chi connectivity index (χ3v) is 3.20. The predicted octanol–water partition coefficient (Wildman–Crippen LogP) is 1.58. The molecule has 1 N–H and O–H groups in total. The van der Waals surface area contributed by atoms with Crippen molar-refractivity contribution in [2.24, 2.45) is 5.92 Å². The summed E-state index contributed by atoms with van der Waals surface area (Å²) in [7, 11) is 0. The number of rotatable bonds is 5. The molecular weight excluding hydrogens is 190 g/mol. The number of nitrogens with one attached hydrogen (secondary N) is 1. The van der Waals surface area contributed by atoms with Gasteiger partial charge in [0.1, 0.15) is 6.04 Å². The van der Waals surface area contributed by atoms with Gasteiger partial charge in [-0.3, -0.25) is 9.59 Å². The van der Waals surface area contributed by atoms with Gasteiger partial charge in [-0.25, -0.2) is 0 Å². The molecule has 1 fully saturated rings. The molecule has 3 nitrogen and oxygen atoms in total. The third-order valence-electron chi connectivity index (χ3n) is 3.20. The average molecular weight is 207 g/mol. The summed E-state index contributed by atoms with van der Waals surface area (Å²) in [6.07, 6.45) is 9.14. The molecule has 0 saturated heterocycles. The van der Waals surface area contributed by atoms with Crippen molar-refractivity contribution in [2.45, 2.75) is 44.6 Å². The van der Waals surface area contributed by atoms with Crippen LogP contribution in [-0.4, -0.2) is 18.2 Å². The van der Waals surface area contributed by atoms with Gasteiger partial charge in [-0.05, 0) is 44.1 Å². The zero-order valence-corrected chi connectivity index (χ0v) is 8.87. The van der Waals surface area contributed by atoms with Crippen molar-refractivity contribution in [3.8, 4) is 0 Å². The van der Waals surface area contributed by atoms with Crippen molar-refractivity contribution in [1.29, 1.82) is 0 Å². The van der Waals surface area contributed by atoms with Crippen LogP contribution in [0.5, 0.6) is 0 Å². The molecule has 0 radical (unpaired) electrons. The zero-order valence-electron chi connectivity index (χ0n) is 8.87. The van der Waals surface area contributed by atoms with Crippen LogP contribution >= 0.6 is 0 Å². The van der Waals surface area contributed by atoms with Crippen LogP contribution in [0.15, 0.2) is 11.6 Å². The van der Waals surface area contributed by atoms with Crippen molar-refractivity contribution in [1.82, 2.24) is 5.32 Å². The first-order chi connectivity index (χ1) is 7.33. The van der Waals surface area contributed by atoms with Crippen molar-refractivity contribution < 1.29 is 9.59 Å². The van der Waals surface area contributed by atoms with Crippen LogP contribution < -0.4 is 5.32 Å². The summed E-state index contributed by atoms with van der Waals surface area (Å²) in [5, 5.41) is 2.68. The molecule has 0 aromatic heterocycles. The highest BCUT2D eigenvalue weighted by Crippen LogP contribution is 2.33. The fraction of sp³-hybridized carbons (Fsp3) is 0.667. The van der Waals surface area contributed by atoms with Gasteiger partial charge in [0.25, 0.3) is 0 Å². The van der Waals surface area contributed by atoms with Crippen LogP contribution in [0.4, 0.5) is 0 Å². The van der Waals surface area contributed by atoms with E-state index >= 15 is 0 Å². The van der Waals surface area contributed by atoms with Gasteiger partial charge in [-0.2, -0.15) is 0 Å². The number of carbonyl (C=O) groups is 2. The minimum atomic E-state index is -0.324. The van der Waals surface area contributed by atoms with Crippen molar-refractivity contribution in [3.63, 3.8) is 0 Å². The first kappa shape index (κ1) is 10.4. The highest BCUT2D eigenvalue weighted by Gasteiger charge is 2.36. The maximum atomic E-state index is 11.9. The number of hydrogen-bond donors (Lipinski definition) is 1. The van der Waals surface area contributed by atoms with Gasteiger partial charge in [-0.15, -0.1) is 0 Å². The van der Waals surface area contributed by atoms with Gasteiger partial charge in [0, 0.05) is 5.92 Å². The zero-order chi connectivity index (χ0) is 10.7. The van der Waals surface area contributed by atoms with Crippen LogP contribution in [0.1, 0.15) is 38.5 Å². The molecule has 15 heavy (non-hydrogen) atoms. The molecule has 3 heteroatoms. The number of hydrogen-bond acceptors (Lipinski definition) is 2. The summed E-state index contributed by atoms with van der Waals surface area (Å²) >= 11 is 0. The number of amides is 1. The fourth-order valence-electron chi connectivity index (χ4n) is 2.17. The number of ketones is 1. The Morgan fingerprint density at radius 1 is 1.47 bits per heavy atom. The quantitative estimate of drug-likeness (QED) is 0.549. The van der Waals surface area contributed by atoms with Crippen molar-refractivity contribution >= 4 is 12.2 Å². The highest BCUT2D eigenvalue weighted by atomic mass is 16.1. The van der Waals surface area contributed by atoms with E-state index in [-0.39, 0.29) is 17.7 Å². The Labute approximate surface area is 89.9 Å². The minimum Gasteiger partial charge on any atom is -0.345 e. The molecule has 0 aromatic rings. The lowest BCUT2D eigenvalue weighted by atomic mass is 9.90. The second-order valence-electron chi connectivity index (χ2n) is 4.42. The predicted molar refractivity (Wildman–Crippen MR) is 57.3 cm³/mol. The molecule has 2 aliphatic rings. The fourth-order valence-corrected chi connectivity index (χ4v) is 2.17. The van der Waals surface area contributed by atoms with E-state index in [0.29, 0.717) is 6.41 Å². The smallest absolute Gasteiger partial charge is 0.207 e. The van der Waals surface area contributed by atoms with Gasteiger partial charge in [-0.1, -0.05) is 6.08 Å². The molecule has 2 rings (SSSR count). The molecule has 1 amide bonds. The van der Waals surface area contributed by atoms with E-state index < -0.39 is 0 Å². The molecule has 1 saturated carbocycles. The van der Waals surface area contributed by atoms with Gasteiger partial charge >= 0.3 is 0 Å². The summed E-state index contributed by atoms with van der Waals surface area (Å²) in [4.78, 5) is 22.4. The summed E-state index contributed by atoms with van der Waals surface area (Å²) in [6.45, 7) is 0. The Balaban J connectivity index is 2.06. The van der Waals surface area contributed by atoms with E-state index in [0.717, 1.165) is 37.7 Å². The standard InChI is InChI=1S/C12H17NO2/c14-8-13-11(12(15)10-6-7-10)9-4-2-1-3-5-9/h4,8,10-11H,1-3,5-7H2,(H,13,14)/t11-/m0/s1. The van der Waals surface area contributed by atoms with Crippen molar-refractivity contribution in [2.75, 3.05) is 0 Å². The lowest BCUT2D eigenvalue weighted by molar-refractivity contribution is -0.123. The van der Waals surface area contributed by atoms with E-state index in [1.165, 1.54) is 6.42 Å². The Bertz CT molecular complexity index is 292. The molecule has 2 aliphatic carbocycles. The Morgan fingerprint density at radius 2 is 2.27 bits per heavy atom. The number of allylic oxidation sites excluding steroid dienone is 1. The summed E-state index contributed by atoms with van der Waals surface area (Å²) < 4.78 is 0. The van der Waals surface area contributed by atoms with Gasteiger partial charge in [0.2, 0.25) is 6.41 Å². The van der Waals surface area contributed by atoms with E-state index in [2.05, 4.69) is 11.4 Å². The number of Topliss-reactive ketones (excluding diaryl/α,β-unsaturated/α-hetero) is 1. The third kappa shape index (κ3) is 2.46. The first-order valence-corrected chi connectivity index (χ1v) is 5.75. The number of carbonyl (C=O) groups excluding carboxylic acids is 2. The van der Waals surface area contributed by atoms with Crippen LogP contribution in [0.25, 0.3) is 0 Å². The Morgan fingerprint density at radius 3 is 2.80 bits per heavy atom. The van der Waals surface area contributed by atoms with E-state index in [4.69, 9.17) is 0 Å². The molecule has 0 aliphatic heterocycles. The molecule has 1 atom stereocenters. The molecule has 0 aromatic carbocycles. The molecule has 0 unspecified atom stereocenters. The van der Waals surface area contributed by atoms with Gasteiger partial charge in [0.15, 0.2) is 5.78 Å². The summed E-state index contributed by atoms with van der Waals surface area (Å²) in [5.74, 6) is 0.431. The van der Waals surface area contributed by atoms with Gasteiger partial charge in [0.05, 0.1) is 0 Å². The van der Waals surface area contributed by atoms with Crippen LogP contribution in [0.2, 0.25) is 0 Å². The van der Waals surface area contributed by atoms with E-state index in [1.54, 1.807) is 0 Å². The topological polar surface area (TPSA) is 46.2 Å². The second kappa shape index (κ2) is 4.60. The normalized spacial score (nSPS) is 22.8. The lowest BCUT2D eigenvalue weighted by Gasteiger charge is -2.21. The average Bonchev–Trinajstić information content (AvgIpc) is 3.10. The van der Waals surface area contributed by atoms with E-state index in [9.17, 15) is 9.59 Å². The Hall–Kier alpha value is -1.12. The monoisotopic (exact) mass is 207 g/mol. The SMILES string of the molecule is O=CN[C@H](C(=O)C1CC1)C1=CCCCC1. The Kier molecular flexibility index (Phi) is 3.19. The summed E-state index contributed by atoms with van der Waals surface area (Å²) in [5.41, 5.74) is 1.13. The maximum absolute atomic E-state index is 11.9. The second-order valence-corrected chi connectivity index (χ2v) is 4.42. The first-order valence-electron chi connectivity index (χ1n) is 5.75. The molecule has 0 heterocycles. The van der Waals surface area contributed by atoms with E-state index in [1.807, 2.05) is 0 Å². The lowest BCUT2D eigenvalue weighted by Crippen LogP contribution is -2.39. The summed E-state index contributed by atoms with van der Waals surface area (Å²) in [6, 6.07) is -0.324. The van der Waals surface area contributed by atoms with Crippen LogP contribution in [-0.2, 0) is 9.59 Å². The van der Waals surface area contributed by atoms with Gasteiger partial charge < -0.3 is 5.32 Å². The van der Waals surface area contributed by atoms with Crippen LogP contribution in [0.3, 0.4) is 0 Å². The molecule has 0 bridgehead atoms. The molecular formula is C12H17NO2. The van der Waals surface area contributed by atoms with Crippen LogP contribution in [0, 0.1) is 5.92 Å². The molecule has 0 spiro atoms. The van der Waals surface area contributed by atoms with Crippen molar-refractivity contribution in [3.05, 3.63) is 11.6 Å².